The SMILES string of the molecule is Cc1ccc(C(C)NC(=O)C(C)N(c2cc([N+](=O)[O-])ccc2C)S(C)(=O)=O)cc1C. The Morgan fingerprint density at radius 1 is 1.03 bits per heavy atom. The molecule has 0 radical (unpaired) electrons. The van der Waals surface area contributed by atoms with E-state index in [9.17, 15) is 23.3 Å². The van der Waals surface area contributed by atoms with E-state index in [0.29, 0.717) is 5.56 Å². The first kappa shape index (κ1) is 23.3. The maximum Gasteiger partial charge on any atom is 0.271 e. The van der Waals surface area contributed by atoms with E-state index in [1.807, 2.05) is 39.0 Å². The molecule has 2 unspecified atom stereocenters. The van der Waals surface area contributed by atoms with Gasteiger partial charge in [0.05, 0.1) is 22.9 Å². The standard InChI is InChI=1S/C21H27N3O5S/c1-13-7-9-18(11-15(13)3)16(4)22-21(25)17(5)23(30(6,28)29)20-12-19(24(26)27)10-8-14(20)2/h7-12,16-17H,1-6H3,(H,22,25). The summed E-state index contributed by atoms with van der Waals surface area (Å²) in [4.78, 5) is 23.5. The molecule has 162 valence electrons. The van der Waals surface area contributed by atoms with Crippen molar-refractivity contribution in [3.63, 3.8) is 0 Å². The third-order valence-corrected chi connectivity index (χ3v) is 6.35. The van der Waals surface area contributed by atoms with Gasteiger partial charge < -0.3 is 5.32 Å². The smallest absolute Gasteiger partial charge is 0.271 e. The van der Waals surface area contributed by atoms with Crippen LogP contribution < -0.4 is 9.62 Å². The van der Waals surface area contributed by atoms with Crippen LogP contribution in [-0.2, 0) is 14.8 Å². The average molecular weight is 434 g/mol. The first-order valence-corrected chi connectivity index (χ1v) is 11.3. The van der Waals surface area contributed by atoms with Crippen LogP contribution >= 0.6 is 0 Å². The predicted molar refractivity (Wildman–Crippen MR) is 117 cm³/mol. The minimum absolute atomic E-state index is 0.105. The average Bonchev–Trinajstić information content (AvgIpc) is 2.64. The largest absolute Gasteiger partial charge is 0.348 e. The number of benzene rings is 2. The normalized spacial score (nSPS) is 13.4. The second-order valence-electron chi connectivity index (χ2n) is 7.54. The Balaban J connectivity index is 2.37. The van der Waals surface area contributed by atoms with Gasteiger partial charge in [0.15, 0.2) is 0 Å². The van der Waals surface area contributed by atoms with Crippen LogP contribution in [0.3, 0.4) is 0 Å². The van der Waals surface area contributed by atoms with Gasteiger partial charge >= 0.3 is 0 Å². The number of aryl methyl sites for hydroxylation is 3. The number of nitrogens with one attached hydrogen (secondary N) is 1. The molecule has 9 heteroatoms. The van der Waals surface area contributed by atoms with Crippen LogP contribution in [0, 0.1) is 30.9 Å². The van der Waals surface area contributed by atoms with Crippen LogP contribution in [0.1, 0.15) is 42.1 Å². The zero-order valence-electron chi connectivity index (χ0n) is 18.0. The van der Waals surface area contributed by atoms with Crippen molar-refractivity contribution in [2.45, 2.75) is 46.7 Å². The molecule has 2 aromatic rings. The summed E-state index contributed by atoms with van der Waals surface area (Å²) in [5, 5.41) is 14.0. The van der Waals surface area contributed by atoms with Gasteiger partial charge in [-0.3, -0.25) is 19.2 Å². The van der Waals surface area contributed by atoms with Gasteiger partial charge in [0.1, 0.15) is 6.04 Å². The van der Waals surface area contributed by atoms with Crippen LogP contribution in [0.2, 0.25) is 0 Å². The molecule has 1 N–H and O–H groups in total. The zero-order chi connectivity index (χ0) is 22.8. The highest BCUT2D eigenvalue weighted by Crippen LogP contribution is 2.29. The molecular weight excluding hydrogens is 406 g/mol. The molecule has 0 aliphatic rings. The summed E-state index contributed by atoms with van der Waals surface area (Å²) in [6.07, 6.45) is 0.974. The van der Waals surface area contributed by atoms with Gasteiger partial charge in [-0.25, -0.2) is 8.42 Å². The lowest BCUT2D eigenvalue weighted by Gasteiger charge is -2.30. The Hall–Kier alpha value is -2.94. The first-order chi connectivity index (χ1) is 13.8. The molecule has 8 nitrogen and oxygen atoms in total. The van der Waals surface area contributed by atoms with Gasteiger partial charge in [-0.05, 0) is 56.9 Å². The van der Waals surface area contributed by atoms with Crippen molar-refractivity contribution in [1.29, 1.82) is 0 Å². The molecule has 30 heavy (non-hydrogen) atoms. The first-order valence-electron chi connectivity index (χ1n) is 9.45. The number of rotatable bonds is 7. The van der Waals surface area contributed by atoms with Crippen molar-refractivity contribution < 1.29 is 18.1 Å². The van der Waals surface area contributed by atoms with E-state index in [1.54, 1.807) is 6.92 Å². The lowest BCUT2D eigenvalue weighted by molar-refractivity contribution is -0.384. The second-order valence-corrected chi connectivity index (χ2v) is 9.40. The fourth-order valence-corrected chi connectivity index (χ4v) is 4.41. The molecular formula is C21H27N3O5S. The number of nitro benzene ring substituents is 1. The Morgan fingerprint density at radius 2 is 1.63 bits per heavy atom. The summed E-state index contributed by atoms with van der Waals surface area (Å²) in [5.41, 5.74) is 3.49. The van der Waals surface area contributed by atoms with E-state index in [2.05, 4.69) is 5.32 Å². The number of amides is 1. The molecule has 2 rings (SSSR count). The maximum atomic E-state index is 12.9. The Kier molecular flexibility index (Phi) is 6.87. The van der Waals surface area contributed by atoms with Crippen LogP contribution in [0.15, 0.2) is 36.4 Å². The van der Waals surface area contributed by atoms with E-state index >= 15 is 0 Å². The van der Waals surface area contributed by atoms with Gasteiger partial charge in [0.2, 0.25) is 15.9 Å². The Bertz CT molecular complexity index is 1080. The molecule has 1 amide bonds. The highest BCUT2D eigenvalue weighted by atomic mass is 32.2. The molecule has 0 aliphatic carbocycles. The predicted octanol–water partition coefficient (Wildman–Crippen LogP) is 3.55. The number of carbonyl (C=O) groups excluding carboxylic acids is 1. The Morgan fingerprint density at radius 3 is 2.17 bits per heavy atom. The number of carbonyl (C=O) groups is 1. The molecule has 0 aromatic heterocycles. The van der Waals surface area contributed by atoms with Gasteiger partial charge in [0.25, 0.3) is 5.69 Å². The summed E-state index contributed by atoms with van der Waals surface area (Å²) >= 11 is 0. The van der Waals surface area contributed by atoms with E-state index in [0.717, 1.165) is 27.3 Å². The third kappa shape index (κ3) is 5.15. The summed E-state index contributed by atoms with van der Waals surface area (Å²) in [6, 6.07) is 8.35. The minimum Gasteiger partial charge on any atom is -0.348 e. The maximum absolute atomic E-state index is 12.9. The van der Waals surface area contributed by atoms with Gasteiger partial charge in [0, 0.05) is 12.1 Å². The Labute approximate surface area is 177 Å². The van der Waals surface area contributed by atoms with Crippen molar-refractivity contribution in [3.8, 4) is 0 Å². The summed E-state index contributed by atoms with van der Waals surface area (Å²) in [5.74, 6) is -0.503. The molecule has 0 aliphatic heterocycles. The molecule has 0 heterocycles. The van der Waals surface area contributed by atoms with Gasteiger partial charge in [-0.2, -0.15) is 0 Å². The monoisotopic (exact) mass is 433 g/mol. The van der Waals surface area contributed by atoms with Crippen LogP contribution in [0.25, 0.3) is 0 Å². The van der Waals surface area contributed by atoms with Gasteiger partial charge in [-0.15, -0.1) is 0 Å². The highest BCUT2D eigenvalue weighted by Gasteiger charge is 2.32. The molecule has 0 spiro atoms. The summed E-state index contributed by atoms with van der Waals surface area (Å²) in [7, 11) is -3.89. The molecule has 2 atom stereocenters. The highest BCUT2D eigenvalue weighted by molar-refractivity contribution is 7.92. The van der Waals surface area contributed by atoms with E-state index in [4.69, 9.17) is 0 Å². The fourth-order valence-electron chi connectivity index (χ4n) is 3.18. The van der Waals surface area contributed by atoms with E-state index in [1.165, 1.54) is 25.1 Å². The van der Waals surface area contributed by atoms with E-state index in [-0.39, 0.29) is 17.4 Å². The minimum atomic E-state index is -3.89. The van der Waals surface area contributed by atoms with E-state index < -0.39 is 26.9 Å². The lowest BCUT2D eigenvalue weighted by atomic mass is 10.0. The van der Waals surface area contributed by atoms with Crippen molar-refractivity contribution in [1.82, 2.24) is 5.32 Å². The quantitative estimate of drug-likeness (QED) is 0.530. The number of hydrogen-bond donors (Lipinski definition) is 1. The number of sulfonamides is 1. The zero-order valence-corrected chi connectivity index (χ0v) is 18.8. The summed E-state index contributed by atoms with van der Waals surface area (Å²) < 4.78 is 26.0. The van der Waals surface area contributed by atoms with Crippen molar-refractivity contribution in [2.75, 3.05) is 10.6 Å². The number of nitro groups is 1. The number of non-ortho nitro benzene ring substituents is 1. The lowest BCUT2D eigenvalue weighted by Crippen LogP contribution is -2.48. The molecule has 2 aromatic carbocycles. The summed E-state index contributed by atoms with van der Waals surface area (Å²) in [6.45, 7) is 8.89. The number of anilines is 1. The fraction of sp³-hybridized carbons (Fsp3) is 0.381. The number of nitrogens with zero attached hydrogens (tertiary/aromatic N) is 2. The third-order valence-electron chi connectivity index (χ3n) is 5.12. The molecule has 0 bridgehead atoms. The topological polar surface area (TPSA) is 110 Å². The van der Waals surface area contributed by atoms with Crippen LogP contribution in [0.5, 0.6) is 0 Å². The van der Waals surface area contributed by atoms with Crippen LogP contribution in [0.4, 0.5) is 11.4 Å². The molecule has 0 fully saturated rings. The van der Waals surface area contributed by atoms with Gasteiger partial charge in [-0.1, -0.05) is 24.3 Å². The van der Waals surface area contributed by atoms with Crippen LogP contribution in [-0.4, -0.2) is 31.5 Å². The molecule has 0 saturated heterocycles. The van der Waals surface area contributed by atoms with Crippen molar-refractivity contribution in [2.24, 2.45) is 0 Å². The van der Waals surface area contributed by atoms with Crippen molar-refractivity contribution in [3.05, 3.63) is 68.8 Å². The number of hydrogen-bond acceptors (Lipinski definition) is 5. The van der Waals surface area contributed by atoms with Crippen molar-refractivity contribution >= 4 is 27.3 Å². The molecule has 0 saturated carbocycles. The second kappa shape index (κ2) is 8.83.